The summed E-state index contributed by atoms with van der Waals surface area (Å²) in [6.07, 6.45) is 2.78. The third kappa shape index (κ3) is 3.54. The monoisotopic (exact) mass is 290 g/mol. The molecule has 0 saturated heterocycles. The maximum atomic E-state index is 12.4. The maximum absolute atomic E-state index is 12.4. The van der Waals surface area contributed by atoms with Gasteiger partial charge in [0, 0.05) is 17.8 Å². The zero-order valence-corrected chi connectivity index (χ0v) is 12.3. The Morgan fingerprint density at radius 1 is 1.24 bits per heavy atom. The number of hydrogen-bond acceptors (Lipinski definition) is 4. The lowest BCUT2D eigenvalue weighted by Crippen LogP contribution is -2.42. The fourth-order valence-electron chi connectivity index (χ4n) is 2.87. The van der Waals surface area contributed by atoms with Crippen LogP contribution in [-0.4, -0.2) is 19.0 Å². The zero-order chi connectivity index (χ0) is 15.4. The summed E-state index contributed by atoms with van der Waals surface area (Å²) in [7, 11) is 1.53. The summed E-state index contributed by atoms with van der Waals surface area (Å²) in [6, 6.07) is 5.48. The molecule has 1 N–H and O–H groups in total. The summed E-state index contributed by atoms with van der Waals surface area (Å²) in [5.41, 5.74) is 1.57. The molecule has 1 aliphatic carbocycles. The maximum Gasteiger partial charge on any atom is 0.228 e. The van der Waals surface area contributed by atoms with Gasteiger partial charge >= 0.3 is 0 Å². The predicted molar refractivity (Wildman–Crippen MR) is 76.8 cm³/mol. The summed E-state index contributed by atoms with van der Waals surface area (Å²) < 4.78 is 5.22. The van der Waals surface area contributed by atoms with Crippen molar-refractivity contribution < 1.29 is 19.4 Å². The second-order valence-electron chi connectivity index (χ2n) is 5.51. The number of carbonyl (C=O) groups excluding carboxylic acids is 2. The van der Waals surface area contributed by atoms with Gasteiger partial charge in [-0.2, -0.15) is 0 Å². The Morgan fingerprint density at radius 3 is 2.52 bits per heavy atom. The Balaban J connectivity index is 2.16. The van der Waals surface area contributed by atoms with E-state index in [1.807, 2.05) is 19.1 Å². The van der Waals surface area contributed by atoms with Crippen molar-refractivity contribution in [1.82, 2.24) is 0 Å². The molecular weight excluding hydrogens is 270 g/mol. The molecule has 2 rings (SSSR count). The van der Waals surface area contributed by atoms with Crippen LogP contribution in [-0.2, 0) is 9.59 Å². The van der Waals surface area contributed by atoms with E-state index in [-0.39, 0.29) is 5.91 Å². The lowest BCUT2D eigenvalue weighted by molar-refractivity contribution is -0.313. The molecule has 0 heterocycles. The van der Waals surface area contributed by atoms with Gasteiger partial charge in [-0.1, -0.05) is 18.9 Å². The number of hydrogen-bond donors (Lipinski definition) is 1. The summed E-state index contributed by atoms with van der Waals surface area (Å²) in [4.78, 5) is 23.6. The summed E-state index contributed by atoms with van der Waals surface area (Å²) in [5.74, 6) is -2.07. The topological polar surface area (TPSA) is 78.5 Å². The molecule has 21 heavy (non-hydrogen) atoms. The largest absolute Gasteiger partial charge is 0.550 e. The molecule has 0 aliphatic heterocycles. The van der Waals surface area contributed by atoms with Gasteiger partial charge in [0.2, 0.25) is 5.91 Å². The fraction of sp³-hybridized carbons (Fsp3) is 0.500. The Hall–Kier alpha value is -2.04. The van der Waals surface area contributed by atoms with Crippen molar-refractivity contribution in [3.8, 4) is 5.75 Å². The normalized spacial score (nSPS) is 21.6. The molecule has 0 radical (unpaired) electrons. The summed E-state index contributed by atoms with van der Waals surface area (Å²) in [5, 5.41) is 14.0. The first-order valence-corrected chi connectivity index (χ1v) is 7.19. The van der Waals surface area contributed by atoms with Gasteiger partial charge in [-0.15, -0.1) is 0 Å². The first kappa shape index (κ1) is 15.4. The number of carboxylic acids is 1. The van der Waals surface area contributed by atoms with Gasteiger partial charge in [0.25, 0.3) is 0 Å². The number of ether oxygens (including phenoxy) is 1. The predicted octanol–water partition coefficient (Wildman–Crippen LogP) is 1.50. The van der Waals surface area contributed by atoms with E-state index in [1.165, 1.54) is 7.11 Å². The first-order valence-electron chi connectivity index (χ1n) is 7.19. The summed E-state index contributed by atoms with van der Waals surface area (Å²) >= 11 is 0. The number of rotatable bonds is 4. The minimum atomic E-state index is -1.13. The smallest absolute Gasteiger partial charge is 0.228 e. The van der Waals surface area contributed by atoms with Crippen molar-refractivity contribution in [2.24, 2.45) is 11.8 Å². The van der Waals surface area contributed by atoms with E-state index >= 15 is 0 Å². The van der Waals surface area contributed by atoms with E-state index < -0.39 is 17.8 Å². The van der Waals surface area contributed by atoms with E-state index in [4.69, 9.17) is 4.74 Å². The van der Waals surface area contributed by atoms with Crippen LogP contribution < -0.4 is 15.2 Å². The standard InChI is InChI=1S/C16H21NO4/c1-10-7-8-14(21-2)13(9-10)17-15(18)11-5-3-4-6-12(11)16(19)20/h7-9,11-12H,3-6H2,1-2H3,(H,17,18)(H,19,20)/p-1/t11-,12+/m0/s1. The second-order valence-corrected chi connectivity index (χ2v) is 5.51. The van der Waals surface area contributed by atoms with Gasteiger partial charge in [0.1, 0.15) is 5.75 Å². The minimum Gasteiger partial charge on any atom is -0.550 e. The van der Waals surface area contributed by atoms with Crippen LogP contribution in [0.2, 0.25) is 0 Å². The zero-order valence-electron chi connectivity index (χ0n) is 12.3. The second kappa shape index (κ2) is 6.61. The van der Waals surface area contributed by atoms with Gasteiger partial charge in [0.15, 0.2) is 0 Å². The quantitative estimate of drug-likeness (QED) is 0.911. The minimum absolute atomic E-state index is 0.271. The molecule has 114 valence electrons. The van der Waals surface area contributed by atoms with Crippen molar-refractivity contribution in [2.75, 3.05) is 12.4 Å². The van der Waals surface area contributed by atoms with Crippen LogP contribution in [0.15, 0.2) is 18.2 Å². The van der Waals surface area contributed by atoms with Crippen LogP contribution in [0.3, 0.4) is 0 Å². The van der Waals surface area contributed by atoms with Gasteiger partial charge < -0.3 is 20.0 Å². The third-order valence-electron chi connectivity index (χ3n) is 4.02. The van der Waals surface area contributed by atoms with Crippen LogP contribution in [0.4, 0.5) is 5.69 Å². The average molecular weight is 290 g/mol. The molecule has 1 amide bonds. The number of methoxy groups -OCH3 is 1. The van der Waals surface area contributed by atoms with Gasteiger partial charge in [-0.05, 0) is 37.5 Å². The molecule has 5 heteroatoms. The number of carboxylic acid groups (broad SMARTS) is 1. The number of nitrogens with one attached hydrogen (secondary N) is 1. The highest BCUT2D eigenvalue weighted by atomic mass is 16.5. The summed E-state index contributed by atoms with van der Waals surface area (Å²) in [6.45, 7) is 1.92. The lowest BCUT2D eigenvalue weighted by Gasteiger charge is -2.31. The molecule has 1 fully saturated rings. The Morgan fingerprint density at radius 2 is 1.90 bits per heavy atom. The van der Waals surface area contributed by atoms with Crippen molar-refractivity contribution >= 4 is 17.6 Å². The number of amides is 1. The highest BCUT2D eigenvalue weighted by Crippen LogP contribution is 2.32. The highest BCUT2D eigenvalue weighted by Gasteiger charge is 2.32. The van der Waals surface area contributed by atoms with Crippen LogP contribution in [0.25, 0.3) is 0 Å². The van der Waals surface area contributed by atoms with Crippen LogP contribution >= 0.6 is 0 Å². The molecule has 0 bridgehead atoms. The van der Waals surface area contributed by atoms with E-state index in [2.05, 4.69) is 5.32 Å². The molecule has 1 aliphatic rings. The van der Waals surface area contributed by atoms with Crippen molar-refractivity contribution in [3.05, 3.63) is 23.8 Å². The molecule has 0 aromatic heterocycles. The van der Waals surface area contributed by atoms with E-state index in [0.717, 1.165) is 18.4 Å². The molecule has 0 unspecified atom stereocenters. The molecular formula is C16H20NO4-. The molecule has 0 spiro atoms. The Kier molecular flexibility index (Phi) is 4.83. The van der Waals surface area contributed by atoms with Crippen LogP contribution in [0.5, 0.6) is 5.75 Å². The SMILES string of the molecule is COc1ccc(C)cc1NC(=O)[C@H]1CCCC[C@H]1C(=O)[O-]. The van der Waals surface area contributed by atoms with Crippen LogP contribution in [0.1, 0.15) is 31.2 Å². The van der Waals surface area contributed by atoms with Gasteiger partial charge in [-0.25, -0.2) is 0 Å². The number of anilines is 1. The Bertz CT molecular complexity index is 541. The van der Waals surface area contributed by atoms with Crippen molar-refractivity contribution in [2.45, 2.75) is 32.6 Å². The van der Waals surface area contributed by atoms with Crippen LogP contribution in [0, 0.1) is 18.8 Å². The van der Waals surface area contributed by atoms with Gasteiger partial charge in [0.05, 0.1) is 12.8 Å². The molecule has 5 nitrogen and oxygen atoms in total. The number of aliphatic carboxylic acids is 1. The number of benzene rings is 1. The molecule has 2 atom stereocenters. The van der Waals surface area contributed by atoms with Crippen molar-refractivity contribution in [3.63, 3.8) is 0 Å². The van der Waals surface area contributed by atoms with Gasteiger partial charge in [-0.3, -0.25) is 4.79 Å². The van der Waals surface area contributed by atoms with E-state index in [0.29, 0.717) is 24.3 Å². The molecule has 1 aromatic carbocycles. The number of carbonyl (C=O) groups is 2. The van der Waals surface area contributed by atoms with E-state index in [9.17, 15) is 14.7 Å². The average Bonchev–Trinajstić information content (AvgIpc) is 2.47. The third-order valence-corrected chi connectivity index (χ3v) is 4.02. The first-order chi connectivity index (χ1) is 10.0. The molecule has 1 aromatic rings. The van der Waals surface area contributed by atoms with Crippen molar-refractivity contribution in [1.29, 1.82) is 0 Å². The molecule has 1 saturated carbocycles. The fourth-order valence-corrected chi connectivity index (χ4v) is 2.87. The van der Waals surface area contributed by atoms with E-state index in [1.54, 1.807) is 6.07 Å². The highest BCUT2D eigenvalue weighted by molar-refractivity contribution is 5.96. The lowest BCUT2D eigenvalue weighted by atomic mass is 9.78. The Labute approximate surface area is 124 Å². The number of aryl methyl sites for hydroxylation is 1.